The Kier molecular flexibility index (Phi) is 17.1. The summed E-state index contributed by atoms with van der Waals surface area (Å²) in [5.41, 5.74) is 34.7. The van der Waals surface area contributed by atoms with E-state index in [1.54, 1.807) is 0 Å². The molecule has 0 unspecified atom stereocenters. The molecule has 146 heavy (non-hydrogen) atoms. The summed E-state index contributed by atoms with van der Waals surface area (Å²) < 4.78 is 27.7. The van der Waals surface area contributed by atoms with Crippen molar-refractivity contribution in [3.05, 3.63) is 425 Å². The van der Waals surface area contributed by atoms with E-state index >= 15 is 0 Å². The van der Waals surface area contributed by atoms with E-state index in [-0.39, 0.29) is 0 Å². The van der Waals surface area contributed by atoms with Crippen molar-refractivity contribution in [1.82, 2.24) is 29.5 Å². The van der Waals surface area contributed by atoms with Crippen molar-refractivity contribution in [3.63, 3.8) is 0 Å². The Morgan fingerprint density at radius 2 is 0.616 bits per heavy atom. The second-order valence-electron chi connectivity index (χ2n) is 38.6. The Morgan fingerprint density at radius 3 is 1.26 bits per heavy atom. The molecule has 0 saturated heterocycles. The highest BCUT2D eigenvalue weighted by Gasteiger charge is 2.29. The number of benzene rings is 20. The molecule has 0 N–H and O–H groups in total. The molecule has 0 aliphatic carbocycles. The Balaban J connectivity index is 0.529. The number of hydrogen-bond acceptors (Lipinski definition) is 12. The number of pyridine rings is 5. The minimum atomic E-state index is 0.818. The Labute approximate surface area is 850 Å². The molecule has 674 valence electrons. The van der Waals surface area contributed by atoms with Crippen LogP contribution in [0.4, 0.5) is 0 Å². The van der Waals surface area contributed by atoms with Gasteiger partial charge in [-0.2, -0.15) is 0 Å². The summed E-state index contributed by atoms with van der Waals surface area (Å²) in [6.07, 6.45) is 4.02. The fraction of sp³-hybridized carbons (Fsp3) is 0. The SMILES string of the molecule is c1ccc2c(c1)ccc1nc3c(sc4ccccc43)c(-c3cc(-c4cccc5c4sc4cccnc45)cc(-c4cccc5c4sc4cc(-c6cccc7sc8c(-c9cc(-c%10ccc%11oc%12ccccc%12c%11c%10)cc(-c%10ccc%11oc%12cc(-c%13ccc%14sc%15c(-c%16ccc(-n%17c%18ccccc%18c%18ccccc%18%17)cc%16)c%16c(ccc%17ccccc%17%16)nc%15c%14c%13)ccc%12c%11c%10)c9)c9c(ccc%10ccccc%109)nc8c67)cnc45)c3)c12. The molecule has 0 atom stereocenters. The molecule has 33 rings (SSSR count). The number of rotatable bonds is 10. The van der Waals surface area contributed by atoms with Gasteiger partial charge < -0.3 is 13.4 Å². The predicted molar refractivity (Wildman–Crippen MR) is 623 cm³/mol. The van der Waals surface area contributed by atoms with Crippen LogP contribution in [0.2, 0.25) is 0 Å². The van der Waals surface area contributed by atoms with Crippen LogP contribution < -0.4 is 0 Å². The highest BCUT2D eigenvalue weighted by atomic mass is 32.1. The molecular formula is C133H70N6O2S5. The van der Waals surface area contributed by atoms with E-state index in [1.807, 2.05) is 75.0 Å². The van der Waals surface area contributed by atoms with Gasteiger partial charge in [-0.25, -0.2) is 15.0 Å². The van der Waals surface area contributed by atoms with E-state index in [0.717, 1.165) is 240 Å². The van der Waals surface area contributed by atoms with Gasteiger partial charge in [0.25, 0.3) is 0 Å². The lowest BCUT2D eigenvalue weighted by molar-refractivity contribution is 0.668. The highest BCUT2D eigenvalue weighted by Crippen LogP contribution is 2.56. The summed E-state index contributed by atoms with van der Waals surface area (Å²) in [6.45, 7) is 0. The summed E-state index contributed by atoms with van der Waals surface area (Å²) in [6, 6.07) is 152. The maximum atomic E-state index is 7.04. The minimum absolute atomic E-state index is 0.818. The van der Waals surface area contributed by atoms with E-state index in [1.165, 1.54) is 98.3 Å². The number of fused-ring (bicyclic) bond motifs is 33. The van der Waals surface area contributed by atoms with Crippen LogP contribution in [-0.4, -0.2) is 29.5 Å². The van der Waals surface area contributed by atoms with Gasteiger partial charge in [0, 0.05) is 139 Å². The van der Waals surface area contributed by atoms with Gasteiger partial charge in [0.2, 0.25) is 0 Å². The standard InChI is InChI=1S/C133H70N6O2S5/c1-4-22-87-71(19-1)43-52-103-120(87)117(74-40-49-86(50-41-74)139-106-34-11-7-25-93(106)94-26-8-12-35-107(94)139)131-127(137-103)102-67-75(48-57-113(102)143-131)78-42-51-96-101-66-77(47-56-110(101)141-111(96)68-78)80-59-79(76-46-55-109-100(65-76)95-27-9-13-36-108(95)140-109)60-83(61-80)119-122-89-24-6-3-21-73(89)45-54-105(122)138-128-123-90(29-17-38-114(123)144-133(119)128)85-69-116-125(135-70-85)99-33-16-31-92(130(99)146-116)82-62-81(91-30-15-32-98-124-115(145-129(91)98)39-18-58-134-124)63-84(64-82)118-121-88-23-5-2-20-72(88)44-53-104(121)136-126-97-28-10-14-37-112(97)142-132(118)126/h1-70H. The van der Waals surface area contributed by atoms with Crippen LogP contribution in [-0.2, 0) is 0 Å². The van der Waals surface area contributed by atoms with Gasteiger partial charge in [-0.05, 0) is 274 Å². The number of aromatic nitrogens is 6. The quantitative estimate of drug-likeness (QED) is 0.126. The first kappa shape index (κ1) is 80.8. The van der Waals surface area contributed by atoms with E-state index < -0.39 is 0 Å². The largest absolute Gasteiger partial charge is 0.456 e. The lowest BCUT2D eigenvalue weighted by atomic mass is 9.89. The van der Waals surface area contributed by atoms with E-state index in [9.17, 15) is 0 Å². The number of para-hydroxylation sites is 3. The third-order valence-electron chi connectivity index (χ3n) is 30.6. The molecule has 13 heterocycles. The predicted octanol–water partition coefficient (Wildman–Crippen LogP) is 39.3. The lowest BCUT2D eigenvalue weighted by Crippen LogP contribution is -1.94. The Hall–Kier alpha value is -17.8. The molecule has 0 fully saturated rings. The van der Waals surface area contributed by atoms with E-state index in [4.69, 9.17) is 33.8 Å². The zero-order valence-corrected chi connectivity index (χ0v) is 81.5. The first-order chi connectivity index (χ1) is 72.3. The minimum Gasteiger partial charge on any atom is -0.456 e. The van der Waals surface area contributed by atoms with Gasteiger partial charge in [-0.1, -0.05) is 249 Å². The molecule has 0 aliphatic heterocycles. The molecule has 0 radical (unpaired) electrons. The number of thiophene rings is 5. The monoisotopic (exact) mass is 1940 g/mol. The number of hydrogen-bond donors (Lipinski definition) is 0. The van der Waals surface area contributed by atoms with E-state index in [0.29, 0.717) is 0 Å². The lowest BCUT2D eigenvalue weighted by Gasteiger charge is -2.16. The normalized spacial score (nSPS) is 12.4. The van der Waals surface area contributed by atoms with Crippen molar-refractivity contribution in [2.24, 2.45) is 0 Å². The van der Waals surface area contributed by atoms with Crippen LogP contribution in [0.1, 0.15) is 0 Å². The molecule has 20 aromatic carbocycles. The average Bonchev–Trinajstić information content (AvgIpc) is 1.47. The third kappa shape index (κ3) is 12.0. The fourth-order valence-electron chi connectivity index (χ4n) is 24.0. The van der Waals surface area contributed by atoms with Crippen LogP contribution in [0.25, 0.3) is 338 Å². The van der Waals surface area contributed by atoms with Crippen LogP contribution in [0.3, 0.4) is 0 Å². The third-order valence-corrected chi connectivity index (χ3v) is 36.5. The van der Waals surface area contributed by atoms with Crippen molar-refractivity contribution in [3.8, 4) is 106 Å². The molecule has 13 aromatic heterocycles. The summed E-state index contributed by atoms with van der Waals surface area (Å²) >= 11 is 9.13. The maximum Gasteiger partial charge on any atom is 0.136 e. The first-order valence-corrected chi connectivity index (χ1v) is 53.2. The van der Waals surface area contributed by atoms with E-state index in [2.05, 4.69) is 411 Å². The van der Waals surface area contributed by atoms with Gasteiger partial charge in [0.1, 0.15) is 22.3 Å². The van der Waals surface area contributed by atoms with Gasteiger partial charge in [-0.3, -0.25) is 9.97 Å². The van der Waals surface area contributed by atoms with Crippen molar-refractivity contribution in [2.45, 2.75) is 0 Å². The van der Waals surface area contributed by atoms with Crippen LogP contribution >= 0.6 is 56.7 Å². The molecule has 0 bridgehead atoms. The Bertz CT molecular complexity index is 11600. The molecule has 33 aromatic rings. The fourth-order valence-corrected chi connectivity index (χ4v) is 30.1. The zero-order valence-electron chi connectivity index (χ0n) is 77.5. The van der Waals surface area contributed by atoms with Crippen LogP contribution in [0.15, 0.2) is 434 Å². The zero-order chi connectivity index (χ0) is 94.9. The summed E-state index contributed by atoms with van der Waals surface area (Å²) in [5.74, 6) is 0. The molecule has 0 saturated carbocycles. The molecule has 0 amide bonds. The Morgan fingerprint density at radius 1 is 0.199 bits per heavy atom. The van der Waals surface area contributed by atoms with Gasteiger partial charge >= 0.3 is 0 Å². The topological polar surface area (TPSA) is 95.7 Å². The molecule has 0 aliphatic rings. The first-order valence-electron chi connectivity index (χ1n) is 49.1. The molecular weight excluding hydrogens is 1870 g/mol. The van der Waals surface area contributed by atoms with Crippen molar-refractivity contribution >= 4 is 289 Å². The second-order valence-corrected chi connectivity index (χ2v) is 43.8. The van der Waals surface area contributed by atoms with Crippen LogP contribution in [0, 0.1) is 0 Å². The van der Waals surface area contributed by atoms with Crippen molar-refractivity contribution in [2.75, 3.05) is 0 Å². The van der Waals surface area contributed by atoms with Gasteiger partial charge in [0.15, 0.2) is 0 Å². The highest BCUT2D eigenvalue weighted by molar-refractivity contribution is 7.28. The molecule has 8 nitrogen and oxygen atoms in total. The number of furan rings is 2. The van der Waals surface area contributed by atoms with Gasteiger partial charge in [0.05, 0.1) is 78.7 Å². The van der Waals surface area contributed by atoms with Crippen molar-refractivity contribution in [1.29, 1.82) is 0 Å². The average molecular weight is 1940 g/mol. The summed E-state index contributed by atoms with van der Waals surface area (Å²) in [4.78, 5) is 27.7. The second kappa shape index (κ2) is 30.9. The molecule has 13 heteroatoms. The van der Waals surface area contributed by atoms with Crippen LogP contribution in [0.5, 0.6) is 0 Å². The number of nitrogens with zero attached hydrogens (tertiary/aromatic N) is 6. The summed E-state index contributed by atoms with van der Waals surface area (Å²) in [5, 5.41) is 22.8. The molecule has 0 spiro atoms. The summed E-state index contributed by atoms with van der Waals surface area (Å²) in [7, 11) is 0. The van der Waals surface area contributed by atoms with Crippen molar-refractivity contribution < 1.29 is 8.83 Å². The maximum absolute atomic E-state index is 7.04. The smallest absolute Gasteiger partial charge is 0.136 e. The van der Waals surface area contributed by atoms with Gasteiger partial charge in [-0.15, -0.1) is 56.7 Å².